The molecular formula is C18H27N3O4. The Morgan fingerprint density at radius 2 is 1.96 bits per heavy atom. The lowest BCUT2D eigenvalue weighted by Crippen LogP contribution is -2.46. The van der Waals surface area contributed by atoms with Crippen molar-refractivity contribution in [2.24, 2.45) is 0 Å². The Kier molecular flexibility index (Phi) is 6.22. The van der Waals surface area contributed by atoms with Crippen LogP contribution in [0.5, 0.6) is 0 Å². The maximum atomic E-state index is 11.9. The second kappa shape index (κ2) is 8.18. The SMILES string of the molecule is CCOC(=O)c1cncc(N2CCC(NC(=O)OC(C)(C)C)CC2)c1. The van der Waals surface area contributed by atoms with Crippen LogP contribution in [0.3, 0.4) is 0 Å². The molecule has 2 heterocycles. The van der Waals surface area contributed by atoms with Gasteiger partial charge in [0.25, 0.3) is 0 Å². The Hall–Kier alpha value is -2.31. The van der Waals surface area contributed by atoms with Crippen LogP contribution in [0.1, 0.15) is 50.9 Å². The van der Waals surface area contributed by atoms with E-state index in [0.717, 1.165) is 31.6 Å². The van der Waals surface area contributed by atoms with Crippen molar-refractivity contribution in [2.75, 3.05) is 24.6 Å². The largest absolute Gasteiger partial charge is 0.462 e. The zero-order valence-corrected chi connectivity index (χ0v) is 15.4. The molecule has 0 unspecified atom stereocenters. The average molecular weight is 349 g/mol. The minimum absolute atomic E-state index is 0.0901. The first-order valence-corrected chi connectivity index (χ1v) is 8.65. The Morgan fingerprint density at radius 1 is 1.28 bits per heavy atom. The Morgan fingerprint density at radius 3 is 2.56 bits per heavy atom. The number of carbonyl (C=O) groups excluding carboxylic acids is 2. The number of nitrogens with zero attached hydrogens (tertiary/aromatic N) is 2. The summed E-state index contributed by atoms with van der Waals surface area (Å²) in [6.07, 6.45) is 4.49. The smallest absolute Gasteiger partial charge is 0.407 e. The molecule has 0 saturated carbocycles. The van der Waals surface area contributed by atoms with Gasteiger partial charge in [-0.2, -0.15) is 0 Å². The molecule has 7 nitrogen and oxygen atoms in total. The first-order chi connectivity index (χ1) is 11.8. The molecule has 0 bridgehead atoms. The van der Waals surface area contributed by atoms with Crippen LogP contribution < -0.4 is 10.2 Å². The van der Waals surface area contributed by atoms with Gasteiger partial charge >= 0.3 is 12.1 Å². The number of hydrogen-bond acceptors (Lipinski definition) is 6. The summed E-state index contributed by atoms with van der Waals surface area (Å²) in [6, 6.07) is 1.89. The number of carbonyl (C=O) groups is 2. The minimum Gasteiger partial charge on any atom is -0.462 e. The van der Waals surface area contributed by atoms with Gasteiger partial charge in [-0.05, 0) is 46.6 Å². The highest BCUT2D eigenvalue weighted by molar-refractivity contribution is 5.90. The highest BCUT2D eigenvalue weighted by atomic mass is 16.6. The number of aromatic nitrogens is 1. The minimum atomic E-state index is -0.496. The third-order valence-corrected chi connectivity index (χ3v) is 3.82. The molecular weight excluding hydrogens is 322 g/mol. The Bertz CT molecular complexity index is 605. The summed E-state index contributed by atoms with van der Waals surface area (Å²) >= 11 is 0. The molecule has 1 aliphatic heterocycles. The van der Waals surface area contributed by atoms with E-state index in [9.17, 15) is 9.59 Å². The second-order valence-corrected chi connectivity index (χ2v) is 7.06. The predicted molar refractivity (Wildman–Crippen MR) is 94.8 cm³/mol. The Labute approximate surface area is 148 Å². The monoisotopic (exact) mass is 349 g/mol. The number of anilines is 1. The van der Waals surface area contributed by atoms with E-state index in [0.29, 0.717) is 12.2 Å². The van der Waals surface area contributed by atoms with Gasteiger partial charge in [-0.15, -0.1) is 0 Å². The average Bonchev–Trinajstić information content (AvgIpc) is 2.54. The number of rotatable bonds is 4. The number of esters is 1. The van der Waals surface area contributed by atoms with E-state index in [1.54, 1.807) is 19.2 Å². The van der Waals surface area contributed by atoms with E-state index < -0.39 is 5.60 Å². The van der Waals surface area contributed by atoms with Crippen LogP contribution in [-0.4, -0.2) is 48.4 Å². The lowest BCUT2D eigenvalue weighted by molar-refractivity contribution is 0.0493. The number of nitrogens with one attached hydrogen (secondary N) is 1. The second-order valence-electron chi connectivity index (χ2n) is 7.06. The van der Waals surface area contributed by atoms with E-state index in [1.165, 1.54) is 6.20 Å². The van der Waals surface area contributed by atoms with Gasteiger partial charge in [0.1, 0.15) is 5.60 Å². The molecule has 25 heavy (non-hydrogen) atoms. The maximum absolute atomic E-state index is 11.9. The molecule has 138 valence electrons. The fraction of sp³-hybridized carbons (Fsp3) is 0.611. The molecule has 1 aliphatic rings. The van der Waals surface area contributed by atoms with Crippen molar-refractivity contribution in [3.05, 3.63) is 24.0 Å². The van der Waals surface area contributed by atoms with Gasteiger partial charge in [0.05, 0.1) is 24.1 Å². The molecule has 0 atom stereocenters. The van der Waals surface area contributed by atoms with Gasteiger partial charge in [0, 0.05) is 25.3 Å². The predicted octanol–water partition coefficient (Wildman–Crippen LogP) is 2.75. The summed E-state index contributed by atoms with van der Waals surface area (Å²) in [5, 5.41) is 2.92. The van der Waals surface area contributed by atoms with Crippen LogP contribution >= 0.6 is 0 Å². The van der Waals surface area contributed by atoms with Crippen molar-refractivity contribution in [3.8, 4) is 0 Å². The zero-order valence-electron chi connectivity index (χ0n) is 15.4. The van der Waals surface area contributed by atoms with Crippen LogP contribution in [-0.2, 0) is 9.47 Å². The van der Waals surface area contributed by atoms with E-state index in [-0.39, 0.29) is 18.1 Å². The molecule has 1 fully saturated rings. The van der Waals surface area contributed by atoms with E-state index in [1.807, 2.05) is 20.8 Å². The zero-order chi connectivity index (χ0) is 18.4. The Balaban J connectivity index is 1.89. The number of pyridine rings is 1. The maximum Gasteiger partial charge on any atom is 0.407 e. The van der Waals surface area contributed by atoms with E-state index >= 15 is 0 Å². The topological polar surface area (TPSA) is 80.8 Å². The quantitative estimate of drug-likeness (QED) is 0.842. The van der Waals surface area contributed by atoms with E-state index in [4.69, 9.17) is 9.47 Å². The van der Waals surface area contributed by atoms with Crippen molar-refractivity contribution < 1.29 is 19.1 Å². The molecule has 0 radical (unpaired) electrons. The molecule has 1 saturated heterocycles. The fourth-order valence-electron chi connectivity index (χ4n) is 2.68. The summed E-state index contributed by atoms with van der Waals surface area (Å²) in [5.74, 6) is -0.363. The molecule has 1 aromatic heterocycles. The summed E-state index contributed by atoms with van der Waals surface area (Å²) in [6.45, 7) is 9.20. The van der Waals surface area contributed by atoms with Crippen LogP contribution in [0.2, 0.25) is 0 Å². The molecule has 1 N–H and O–H groups in total. The number of piperidine rings is 1. The molecule has 0 aliphatic carbocycles. The summed E-state index contributed by atoms with van der Waals surface area (Å²) in [7, 11) is 0. The number of amides is 1. The van der Waals surface area contributed by atoms with Crippen molar-refractivity contribution >= 4 is 17.7 Å². The molecule has 1 amide bonds. The van der Waals surface area contributed by atoms with Crippen LogP contribution in [0.15, 0.2) is 18.5 Å². The lowest BCUT2D eigenvalue weighted by Gasteiger charge is -2.34. The molecule has 7 heteroatoms. The number of ether oxygens (including phenoxy) is 2. The van der Waals surface area contributed by atoms with Gasteiger partial charge in [0.15, 0.2) is 0 Å². The number of hydrogen-bond donors (Lipinski definition) is 1. The number of alkyl carbamates (subject to hydrolysis) is 1. The molecule has 1 aromatic rings. The van der Waals surface area contributed by atoms with Gasteiger partial charge in [-0.25, -0.2) is 9.59 Å². The first-order valence-electron chi connectivity index (χ1n) is 8.65. The molecule has 0 spiro atoms. The summed E-state index contributed by atoms with van der Waals surface area (Å²) < 4.78 is 10.3. The van der Waals surface area contributed by atoms with Crippen molar-refractivity contribution in [1.29, 1.82) is 0 Å². The van der Waals surface area contributed by atoms with Crippen molar-refractivity contribution in [1.82, 2.24) is 10.3 Å². The summed E-state index contributed by atoms with van der Waals surface area (Å²) in [5.41, 5.74) is 0.846. The normalized spacial score (nSPS) is 15.6. The van der Waals surface area contributed by atoms with Gasteiger partial charge in [-0.1, -0.05) is 0 Å². The molecule has 0 aromatic carbocycles. The van der Waals surface area contributed by atoms with Crippen molar-refractivity contribution in [2.45, 2.75) is 52.2 Å². The van der Waals surface area contributed by atoms with Gasteiger partial charge in [0.2, 0.25) is 0 Å². The van der Waals surface area contributed by atoms with Crippen molar-refractivity contribution in [3.63, 3.8) is 0 Å². The van der Waals surface area contributed by atoms with E-state index in [2.05, 4.69) is 15.2 Å². The standard InChI is InChI=1S/C18H27N3O4/c1-5-24-16(22)13-10-15(12-19-11-13)21-8-6-14(7-9-21)20-17(23)25-18(2,3)4/h10-12,14H,5-9H2,1-4H3,(H,20,23). The van der Waals surface area contributed by atoms with Crippen LogP contribution in [0.4, 0.5) is 10.5 Å². The third-order valence-electron chi connectivity index (χ3n) is 3.82. The van der Waals surface area contributed by atoms with Gasteiger partial charge in [-0.3, -0.25) is 4.98 Å². The summed E-state index contributed by atoms with van der Waals surface area (Å²) in [4.78, 5) is 30.0. The fourth-order valence-corrected chi connectivity index (χ4v) is 2.68. The first kappa shape index (κ1) is 19.0. The third kappa shape index (κ3) is 5.92. The molecule has 2 rings (SSSR count). The van der Waals surface area contributed by atoms with Crippen LogP contribution in [0.25, 0.3) is 0 Å². The highest BCUT2D eigenvalue weighted by Crippen LogP contribution is 2.21. The lowest BCUT2D eigenvalue weighted by atomic mass is 10.0. The van der Waals surface area contributed by atoms with Crippen LogP contribution in [0, 0.1) is 0 Å². The van der Waals surface area contributed by atoms with Gasteiger partial charge < -0.3 is 19.7 Å². The highest BCUT2D eigenvalue weighted by Gasteiger charge is 2.24.